The number of nitrogens with two attached hydrogens (primary N) is 3. The predicted molar refractivity (Wildman–Crippen MR) is 160 cm³/mol. The zero-order chi connectivity index (χ0) is 32.2. The van der Waals surface area contributed by atoms with Crippen molar-refractivity contribution in [1.82, 2.24) is 39.0 Å². The maximum Gasteiger partial charge on any atom is 0.320 e. The largest absolute Gasteiger partial charge is 0.480 e. The lowest BCUT2D eigenvalue weighted by atomic mass is 10.1. The molecule has 19 nitrogen and oxygen atoms in total. The van der Waals surface area contributed by atoms with Gasteiger partial charge in [0.15, 0.2) is 35.4 Å². The molecule has 244 valence electrons. The van der Waals surface area contributed by atoms with E-state index in [9.17, 15) is 30.3 Å². The van der Waals surface area contributed by atoms with E-state index in [-0.39, 0.29) is 29.6 Å². The Hall–Kier alpha value is -3.76. The number of fused-ring (bicyclic) bond motifs is 2. The number of nitrogens with zero attached hydrogens (tertiary/aromatic N) is 8. The first kappa shape index (κ1) is 31.2. The highest BCUT2D eigenvalue weighted by Gasteiger charge is 2.49. The summed E-state index contributed by atoms with van der Waals surface area (Å²) in [6.07, 6.45) is -2.05. The van der Waals surface area contributed by atoms with Crippen molar-refractivity contribution in [2.45, 2.75) is 61.5 Å². The fourth-order valence-corrected chi connectivity index (χ4v) is 9.30. The summed E-state index contributed by atoms with van der Waals surface area (Å²) in [7, 11) is -2.01. The van der Waals surface area contributed by atoms with Crippen molar-refractivity contribution in [2.75, 3.05) is 35.0 Å². The maximum atomic E-state index is 11.5. The molecule has 9 atom stereocenters. The van der Waals surface area contributed by atoms with Gasteiger partial charge in [0.25, 0.3) is 0 Å². The third-order valence-corrected chi connectivity index (χ3v) is 11.9. The standard InChI is InChI=1S/C25H35N11O8S/c1-45(3-2-10(26)25(41)42,4-11-15(37)17(39)23(43-11)35-8-33-13-19(27)29-6-31-21(13)35)5-12-16(38)18(40)24(44-12)36-9-34-14-20(28)30-7-32-22(14)36/h6-12,15-18,23-24,37-40H,2-5,26H2,1H3,(H,41,42)(H2,27,29,31)(H2,28,30,32)/t10-,11+,12+,15+,16+,17+,18+,23+,24+/m0/s1. The maximum absolute atomic E-state index is 11.5. The number of aliphatic carboxylic acids is 1. The Balaban J connectivity index is 1.24. The summed E-state index contributed by atoms with van der Waals surface area (Å²) < 4.78 is 15.3. The second kappa shape index (κ2) is 11.9. The van der Waals surface area contributed by atoms with Gasteiger partial charge in [-0.2, -0.15) is 0 Å². The number of aliphatic hydroxyl groups excluding tert-OH is 4. The van der Waals surface area contributed by atoms with E-state index in [1.165, 1.54) is 34.4 Å². The number of hydrogen-bond acceptors (Lipinski definition) is 16. The van der Waals surface area contributed by atoms with Crippen molar-refractivity contribution in [3.63, 3.8) is 0 Å². The fraction of sp³-hybridized carbons (Fsp3) is 0.560. The van der Waals surface area contributed by atoms with Crippen LogP contribution in [0.1, 0.15) is 18.9 Å². The summed E-state index contributed by atoms with van der Waals surface area (Å²) >= 11 is 0. The molecule has 0 bridgehead atoms. The van der Waals surface area contributed by atoms with Gasteiger partial charge < -0.3 is 52.2 Å². The Bertz CT molecular complexity index is 1600. The average Bonchev–Trinajstić information content (AvgIpc) is 3.76. The molecule has 0 amide bonds. The van der Waals surface area contributed by atoms with Crippen molar-refractivity contribution in [2.24, 2.45) is 5.73 Å². The van der Waals surface area contributed by atoms with E-state index in [2.05, 4.69) is 29.9 Å². The number of carboxylic acid groups (broad SMARTS) is 1. The highest BCUT2D eigenvalue weighted by molar-refractivity contribution is 8.33. The van der Waals surface area contributed by atoms with Crippen LogP contribution in [0.3, 0.4) is 0 Å². The normalized spacial score (nSPS) is 29.9. The summed E-state index contributed by atoms with van der Waals surface area (Å²) in [4.78, 5) is 36.2. The Labute approximate surface area is 256 Å². The second-order valence-electron chi connectivity index (χ2n) is 11.5. The van der Waals surface area contributed by atoms with Gasteiger partial charge in [0.05, 0.1) is 24.9 Å². The zero-order valence-corrected chi connectivity index (χ0v) is 24.8. The van der Waals surface area contributed by atoms with Crippen LogP contribution < -0.4 is 17.2 Å². The minimum Gasteiger partial charge on any atom is -0.480 e. The highest BCUT2D eigenvalue weighted by Crippen LogP contribution is 2.51. The van der Waals surface area contributed by atoms with Crippen molar-refractivity contribution in [3.05, 3.63) is 25.3 Å². The third kappa shape index (κ3) is 5.63. The van der Waals surface area contributed by atoms with E-state index in [0.717, 1.165) is 0 Å². The van der Waals surface area contributed by atoms with Gasteiger partial charge in [0.2, 0.25) is 0 Å². The molecule has 0 saturated carbocycles. The van der Waals surface area contributed by atoms with E-state index >= 15 is 0 Å². The number of carbonyl (C=O) groups is 1. The lowest BCUT2D eigenvalue weighted by Crippen LogP contribution is -2.40. The molecule has 45 heavy (non-hydrogen) atoms. The van der Waals surface area contributed by atoms with Crippen LogP contribution in [0.15, 0.2) is 25.3 Å². The molecule has 11 N–H and O–H groups in total. The molecule has 4 aromatic rings. The van der Waals surface area contributed by atoms with E-state index in [1.54, 1.807) is 0 Å². The first-order valence-electron chi connectivity index (χ1n) is 14.0. The van der Waals surface area contributed by atoms with Crippen LogP contribution in [-0.2, 0) is 14.3 Å². The topological polar surface area (TPSA) is 302 Å². The van der Waals surface area contributed by atoms with Gasteiger partial charge in [-0.1, -0.05) is 0 Å². The predicted octanol–water partition coefficient (Wildman–Crippen LogP) is -2.69. The number of rotatable bonds is 10. The molecule has 4 aromatic heterocycles. The molecule has 2 saturated heterocycles. The third-order valence-electron chi connectivity index (χ3n) is 8.37. The fourth-order valence-electron chi connectivity index (χ4n) is 5.87. The van der Waals surface area contributed by atoms with Crippen LogP contribution in [0.25, 0.3) is 22.3 Å². The Morgan fingerprint density at radius 2 is 1.27 bits per heavy atom. The summed E-state index contributed by atoms with van der Waals surface area (Å²) in [6.45, 7) is 0. The molecule has 2 fully saturated rings. The van der Waals surface area contributed by atoms with Crippen LogP contribution in [-0.4, -0.2) is 137 Å². The average molecular weight is 650 g/mol. The van der Waals surface area contributed by atoms with Crippen molar-refractivity contribution in [3.8, 4) is 0 Å². The van der Waals surface area contributed by atoms with Crippen LogP contribution in [0, 0.1) is 0 Å². The number of carboxylic acids is 1. The van der Waals surface area contributed by atoms with Gasteiger partial charge in [0, 0.05) is 11.5 Å². The Kier molecular flexibility index (Phi) is 8.24. The van der Waals surface area contributed by atoms with E-state index in [1.807, 2.05) is 6.26 Å². The monoisotopic (exact) mass is 649 g/mol. The van der Waals surface area contributed by atoms with Crippen LogP contribution in [0.4, 0.5) is 11.6 Å². The van der Waals surface area contributed by atoms with Gasteiger partial charge in [0.1, 0.15) is 54.1 Å². The molecule has 0 spiro atoms. The molecule has 0 aromatic carbocycles. The van der Waals surface area contributed by atoms with E-state index in [4.69, 9.17) is 26.7 Å². The van der Waals surface area contributed by atoms with Crippen LogP contribution in [0.2, 0.25) is 0 Å². The van der Waals surface area contributed by atoms with Gasteiger partial charge >= 0.3 is 5.97 Å². The van der Waals surface area contributed by atoms with Gasteiger partial charge in [-0.05, 0) is 18.4 Å². The van der Waals surface area contributed by atoms with Crippen LogP contribution in [0.5, 0.6) is 0 Å². The van der Waals surface area contributed by atoms with Crippen molar-refractivity contribution < 1.29 is 39.8 Å². The summed E-state index contributed by atoms with van der Waals surface area (Å²) in [5.41, 5.74) is 18.9. The molecule has 20 heteroatoms. The van der Waals surface area contributed by atoms with Crippen molar-refractivity contribution in [1.29, 1.82) is 0 Å². The number of aromatic nitrogens is 8. The zero-order valence-electron chi connectivity index (χ0n) is 24.0. The lowest BCUT2D eigenvalue weighted by molar-refractivity contribution is -0.138. The summed E-state index contributed by atoms with van der Waals surface area (Å²) in [5.74, 6) is -0.211. The van der Waals surface area contributed by atoms with Crippen molar-refractivity contribution >= 4 is 50.0 Å². The smallest absolute Gasteiger partial charge is 0.320 e. The Morgan fingerprint density at radius 3 is 1.69 bits per heavy atom. The van der Waals surface area contributed by atoms with Gasteiger partial charge in [-0.15, -0.1) is 0 Å². The molecular weight excluding hydrogens is 614 g/mol. The SMILES string of the molecule is CS(CC[C@H](N)C(=O)O)(C[C@H]1O[C@@H](n2cnc3c(N)ncnc32)[C@H](O)[C@@H]1O)C[C@H]1O[C@@H](n2cnc3c(N)ncnc32)[C@H](O)[C@@H]1O. The molecule has 6 rings (SSSR count). The number of hydrogen-bond donors (Lipinski definition) is 8. The summed E-state index contributed by atoms with van der Waals surface area (Å²) in [6, 6.07) is -1.15. The summed E-state index contributed by atoms with van der Waals surface area (Å²) in [5, 5.41) is 53.7. The Morgan fingerprint density at radius 1 is 0.822 bits per heavy atom. The number of imidazole rings is 2. The molecule has 0 unspecified atom stereocenters. The van der Waals surface area contributed by atoms with E-state index in [0.29, 0.717) is 28.1 Å². The molecule has 0 aliphatic carbocycles. The quantitative estimate of drug-likeness (QED) is 0.0866. The second-order valence-corrected chi connectivity index (χ2v) is 15.5. The molecule has 0 radical (unpaired) electrons. The lowest BCUT2D eigenvalue weighted by Gasteiger charge is -2.41. The molecule has 2 aliphatic heterocycles. The minimum atomic E-state index is -2.01. The van der Waals surface area contributed by atoms with E-state index < -0.39 is 71.1 Å². The van der Waals surface area contributed by atoms with Crippen LogP contribution >= 0.6 is 10.0 Å². The molecular formula is C25H35N11O8S. The minimum absolute atomic E-state index is 0.0927. The number of ether oxygens (including phenoxy) is 2. The number of anilines is 2. The highest BCUT2D eigenvalue weighted by atomic mass is 32.3. The first-order valence-corrected chi connectivity index (χ1v) is 16.5. The number of aliphatic hydroxyl groups is 4. The molecule has 2 aliphatic rings. The van der Waals surface area contributed by atoms with Gasteiger partial charge in [-0.25, -0.2) is 39.9 Å². The van der Waals surface area contributed by atoms with Gasteiger partial charge in [-0.3, -0.25) is 13.9 Å². The molecule has 6 heterocycles. The number of nitrogen functional groups attached to an aromatic ring is 2. The first-order chi connectivity index (χ1) is 21.4.